The van der Waals surface area contributed by atoms with Gasteiger partial charge < -0.3 is 24.8 Å². The predicted octanol–water partition coefficient (Wildman–Crippen LogP) is 3.26. The Morgan fingerprint density at radius 1 is 0.941 bits per heavy atom. The van der Waals surface area contributed by atoms with Crippen molar-refractivity contribution in [1.82, 2.24) is 10.2 Å². The number of amides is 2. The number of carboxylic acids is 1. The van der Waals surface area contributed by atoms with Crippen molar-refractivity contribution in [1.29, 1.82) is 0 Å². The van der Waals surface area contributed by atoms with Crippen LogP contribution in [0.4, 0.5) is 4.79 Å². The van der Waals surface area contributed by atoms with Gasteiger partial charge in [0.25, 0.3) is 0 Å². The van der Waals surface area contributed by atoms with E-state index >= 15 is 0 Å². The second kappa shape index (κ2) is 11.2. The number of hydrogen-bond donors (Lipinski definition) is 2. The van der Waals surface area contributed by atoms with Crippen LogP contribution in [0.1, 0.15) is 36.3 Å². The van der Waals surface area contributed by atoms with Gasteiger partial charge in [0, 0.05) is 32.0 Å². The van der Waals surface area contributed by atoms with Gasteiger partial charge >= 0.3 is 12.1 Å². The van der Waals surface area contributed by atoms with E-state index in [4.69, 9.17) is 14.6 Å². The van der Waals surface area contributed by atoms with Crippen LogP contribution in [0.3, 0.4) is 0 Å². The van der Waals surface area contributed by atoms with Gasteiger partial charge in [-0.15, -0.1) is 0 Å². The van der Waals surface area contributed by atoms with E-state index < -0.39 is 12.1 Å². The van der Waals surface area contributed by atoms with Gasteiger partial charge in [0.1, 0.15) is 6.61 Å². The number of nitrogens with zero attached hydrogens (tertiary/aromatic N) is 1. The zero-order valence-electron chi connectivity index (χ0n) is 19.1. The Kier molecular flexibility index (Phi) is 7.80. The monoisotopic (exact) mass is 466 g/mol. The van der Waals surface area contributed by atoms with Crippen molar-refractivity contribution in [2.45, 2.75) is 25.2 Å². The number of carbonyl (C=O) groups excluding carboxylic acids is 2. The molecule has 4 rings (SSSR count). The first kappa shape index (κ1) is 23.8. The molecule has 8 nitrogen and oxygen atoms in total. The van der Waals surface area contributed by atoms with Crippen molar-refractivity contribution < 1.29 is 29.0 Å². The normalized spacial score (nSPS) is 14.8. The molecule has 8 heteroatoms. The Hall–Kier alpha value is -3.39. The van der Waals surface area contributed by atoms with Gasteiger partial charge in [-0.1, -0.05) is 48.5 Å². The summed E-state index contributed by atoms with van der Waals surface area (Å²) in [7, 11) is 0. The summed E-state index contributed by atoms with van der Waals surface area (Å²) >= 11 is 0. The molecule has 0 aromatic heterocycles. The number of hydrogen-bond acceptors (Lipinski definition) is 5. The summed E-state index contributed by atoms with van der Waals surface area (Å²) in [6, 6.07) is 16.4. The number of carboxylic acid groups (broad SMARTS) is 1. The Balaban J connectivity index is 1.09. The van der Waals surface area contributed by atoms with Gasteiger partial charge in [0.15, 0.2) is 0 Å². The minimum Gasteiger partial charge on any atom is -0.481 e. The van der Waals surface area contributed by atoms with Crippen molar-refractivity contribution >= 4 is 18.0 Å². The lowest BCUT2D eigenvalue weighted by Gasteiger charge is -2.39. The molecule has 2 amide bonds. The van der Waals surface area contributed by atoms with Crippen LogP contribution in [-0.4, -0.2) is 67.4 Å². The number of likely N-dealkylation sites (tertiary alicyclic amines) is 1. The van der Waals surface area contributed by atoms with Crippen molar-refractivity contribution in [3.63, 3.8) is 0 Å². The highest BCUT2D eigenvalue weighted by atomic mass is 16.5. The molecule has 2 aromatic rings. The second-order valence-electron chi connectivity index (χ2n) is 8.71. The van der Waals surface area contributed by atoms with Gasteiger partial charge in [-0.3, -0.25) is 9.59 Å². The lowest BCUT2D eigenvalue weighted by molar-refractivity contribution is -0.140. The zero-order valence-corrected chi connectivity index (χ0v) is 19.1. The molecule has 2 aromatic carbocycles. The third kappa shape index (κ3) is 5.75. The van der Waals surface area contributed by atoms with Crippen LogP contribution < -0.4 is 5.32 Å². The molecule has 0 atom stereocenters. The maximum absolute atomic E-state index is 12.1. The lowest BCUT2D eigenvalue weighted by Crippen LogP contribution is -2.50. The molecular weight excluding hydrogens is 436 g/mol. The van der Waals surface area contributed by atoms with E-state index in [1.54, 1.807) is 4.90 Å². The zero-order chi connectivity index (χ0) is 23.9. The molecule has 1 aliphatic heterocycles. The molecule has 1 heterocycles. The summed E-state index contributed by atoms with van der Waals surface area (Å²) in [4.78, 5) is 36.5. The van der Waals surface area contributed by atoms with Crippen LogP contribution >= 0.6 is 0 Å². The van der Waals surface area contributed by atoms with Crippen LogP contribution in [0.25, 0.3) is 11.1 Å². The van der Waals surface area contributed by atoms with Gasteiger partial charge in [0.2, 0.25) is 5.91 Å². The first-order valence-electron chi connectivity index (χ1n) is 11.7. The first-order chi connectivity index (χ1) is 16.5. The van der Waals surface area contributed by atoms with Crippen LogP contribution in [0.5, 0.6) is 0 Å². The Morgan fingerprint density at radius 3 is 2.24 bits per heavy atom. The van der Waals surface area contributed by atoms with Gasteiger partial charge in [-0.05, 0) is 34.6 Å². The summed E-state index contributed by atoms with van der Waals surface area (Å²) < 4.78 is 10.9. The van der Waals surface area contributed by atoms with Crippen LogP contribution in [0.2, 0.25) is 0 Å². The quantitative estimate of drug-likeness (QED) is 0.493. The minimum atomic E-state index is -0.801. The van der Waals surface area contributed by atoms with E-state index in [1.165, 1.54) is 22.3 Å². The number of nitrogens with one attached hydrogen (secondary N) is 1. The van der Waals surface area contributed by atoms with Crippen molar-refractivity contribution in [3.05, 3.63) is 59.7 Å². The molecule has 1 aliphatic carbocycles. The van der Waals surface area contributed by atoms with Crippen LogP contribution in [0.15, 0.2) is 48.5 Å². The minimum absolute atomic E-state index is 0.0103. The molecule has 0 saturated carbocycles. The summed E-state index contributed by atoms with van der Waals surface area (Å²) in [6.07, 6.45) is 0.537. The molecule has 1 fully saturated rings. The van der Waals surface area contributed by atoms with E-state index in [-0.39, 0.29) is 43.8 Å². The van der Waals surface area contributed by atoms with Gasteiger partial charge in [-0.2, -0.15) is 0 Å². The standard InChI is InChI=1S/C26H30N2O6/c29-24(28-15-18(16-28)9-10-25(30)31)11-13-33-14-12-27-26(32)34-17-23-21-7-3-1-5-19(21)20-6-2-4-8-22(20)23/h1-8,18,23H,9-17H2,(H,27,32)(H,30,31). The highest BCUT2D eigenvalue weighted by Crippen LogP contribution is 2.44. The summed E-state index contributed by atoms with van der Waals surface area (Å²) in [5.74, 6) is -0.492. The SMILES string of the molecule is O=C(O)CCC1CN(C(=O)CCOCCNC(=O)OCC2c3ccccc3-c3ccccc32)C1. The number of benzene rings is 2. The van der Waals surface area contributed by atoms with E-state index in [9.17, 15) is 14.4 Å². The summed E-state index contributed by atoms with van der Waals surface area (Å²) in [6.45, 7) is 2.37. The van der Waals surface area contributed by atoms with Crippen LogP contribution in [0, 0.1) is 5.92 Å². The maximum atomic E-state index is 12.1. The fraction of sp³-hybridized carbons (Fsp3) is 0.423. The summed E-state index contributed by atoms with van der Waals surface area (Å²) in [5.41, 5.74) is 4.70. The third-order valence-corrected chi connectivity index (χ3v) is 6.40. The van der Waals surface area contributed by atoms with E-state index in [2.05, 4.69) is 29.6 Å². The molecule has 0 spiro atoms. The molecule has 0 bridgehead atoms. The molecule has 1 saturated heterocycles. The van der Waals surface area contributed by atoms with E-state index in [1.807, 2.05) is 24.3 Å². The Morgan fingerprint density at radius 2 is 1.59 bits per heavy atom. The van der Waals surface area contributed by atoms with E-state index in [0.29, 0.717) is 32.7 Å². The first-order valence-corrected chi connectivity index (χ1v) is 11.7. The van der Waals surface area contributed by atoms with Gasteiger partial charge in [-0.25, -0.2) is 4.79 Å². The molecular formula is C26H30N2O6. The average Bonchev–Trinajstić information content (AvgIpc) is 3.12. The average molecular weight is 467 g/mol. The van der Waals surface area contributed by atoms with Crippen molar-refractivity contribution in [3.8, 4) is 11.1 Å². The molecule has 0 radical (unpaired) electrons. The number of carbonyl (C=O) groups is 3. The Labute approximate surface area is 198 Å². The highest BCUT2D eigenvalue weighted by Gasteiger charge is 2.30. The number of rotatable bonds is 11. The summed E-state index contributed by atoms with van der Waals surface area (Å²) in [5, 5.41) is 11.4. The third-order valence-electron chi connectivity index (χ3n) is 6.40. The molecule has 2 aliphatic rings. The van der Waals surface area contributed by atoms with Crippen molar-refractivity contribution in [2.24, 2.45) is 5.92 Å². The fourth-order valence-corrected chi connectivity index (χ4v) is 4.58. The Bertz CT molecular complexity index is 988. The molecule has 180 valence electrons. The van der Waals surface area contributed by atoms with Crippen molar-refractivity contribution in [2.75, 3.05) is 39.5 Å². The fourth-order valence-electron chi connectivity index (χ4n) is 4.58. The van der Waals surface area contributed by atoms with Crippen LogP contribution in [-0.2, 0) is 19.1 Å². The number of fused-ring (bicyclic) bond motifs is 3. The molecule has 34 heavy (non-hydrogen) atoms. The number of aliphatic carboxylic acids is 1. The maximum Gasteiger partial charge on any atom is 0.407 e. The highest BCUT2D eigenvalue weighted by molar-refractivity contribution is 5.79. The van der Waals surface area contributed by atoms with Gasteiger partial charge in [0.05, 0.1) is 19.6 Å². The predicted molar refractivity (Wildman–Crippen MR) is 125 cm³/mol. The number of ether oxygens (including phenoxy) is 2. The second-order valence-corrected chi connectivity index (χ2v) is 8.71. The smallest absolute Gasteiger partial charge is 0.407 e. The molecule has 0 unspecified atom stereocenters. The topological polar surface area (TPSA) is 105 Å². The van der Waals surface area contributed by atoms with E-state index in [0.717, 1.165) is 0 Å². The largest absolute Gasteiger partial charge is 0.481 e. The lowest BCUT2D eigenvalue weighted by atomic mass is 9.94. The molecule has 2 N–H and O–H groups in total. The number of alkyl carbamates (subject to hydrolysis) is 1.